The van der Waals surface area contributed by atoms with Gasteiger partial charge in [0.2, 0.25) is 0 Å². The highest BCUT2D eigenvalue weighted by atomic mass is 35.5. The maximum Gasteiger partial charge on any atom is 0.193 e. The van der Waals surface area contributed by atoms with Crippen molar-refractivity contribution < 1.29 is 4.79 Å². The maximum atomic E-state index is 10.9. The van der Waals surface area contributed by atoms with Gasteiger partial charge in [-0.3, -0.25) is 4.79 Å². The fourth-order valence-electron chi connectivity index (χ4n) is 0.894. The van der Waals surface area contributed by atoms with Crippen LogP contribution < -0.4 is 0 Å². The van der Waals surface area contributed by atoms with Crippen LogP contribution in [0.4, 0.5) is 0 Å². The van der Waals surface area contributed by atoms with Gasteiger partial charge in [-0.2, -0.15) is 0 Å². The zero-order valence-electron chi connectivity index (χ0n) is 6.62. The number of carbonyl (C=O) groups is 1. The zero-order valence-corrected chi connectivity index (χ0v) is 8.27. The van der Waals surface area contributed by atoms with E-state index in [1.165, 1.54) is 0 Å². The topological polar surface area (TPSA) is 17.1 Å². The van der Waals surface area contributed by atoms with Crippen molar-refractivity contribution in [3.8, 4) is 0 Å². The number of carbonyl (C=O) groups excluding carboxylic acids is 1. The second kappa shape index (κ2) is 3.97. The monoisotopic (exact) mass is 200 g/mol. The first-order valence-corrected chi connectivity index (χ1v) is 4.42. The number of hydrogen-bond acceptors (Lipinski definition) is 1. The van der Waals surface area contributed by atoms with E-state index in [1.54, 1.807) is 12.1 Å². The van der Waals surface area contributed by atoms with Crippen molar-refractivity contribution in [3.63, 3.8) is 0 Å². The molecule has 0 saturated carbocycles. The lowest BCUT2D eigenvalue weighted by Crippen LogP contribution is -2.00. The van der Waals surface area contributed by atoms with E-state index >= 15 is 0 Å². The molecule has 0 fully saturated rings. The summed E-state index contributed by atoms with van der Waals surface area (Å²) in [6, 6.07) is 7.20. The molecule has 0 aliphatic carbocycles. The van der Waals surface area contributed by atoms with Crippen molar-refractivity contribution in [1.29, 1.82) is 0 Å². The van der Waals surface area contributed by atoms with Crippen LogP contribution in [0.25, 0.3) is 0 Å². The lowest BCUT2D eigenvalue weighted by Gasteiger charge is -2.05. The van der Waals surface area contributed by atoms with Crippen molar-refractivity contribution >= 4 is 29.3 Å². The van der Waals surface area contributed by atoms with Crippen LogP contribution in [0.2, 0.25) is 5.02 Å². The standard InChI is InChI=1S/C9H9ClOS/c1-6(9(11)12)7-2-4-8(10)5-3-7/h2-6H,1H3,(H,11,12). The van der Waals surface area contributed by atoms with Crippen molar-refractivity contribution in [1.82, 2.24) is 0 Å². The second-order valence-electron chi connectivity index (χ2n) is 2.61. The molecule has 0 heterocycles. The summed E-state index contributed by atoms with van der Waals surface area (Å²) in [5.74, 6) is -0.161. The van der Waals surface area contributed by atoms with Gasteiger partial charge in [0.1, 0.15) is 0 Å². The Balaban J connectivity index is 2.89. The number of hydrogen-bond donors (Lipinski definition) is 1. The summed E-state index contributed by atoms with van der Waals surface area (Å²) in [6.45, 7) is 1.82. The lowest BCUT2D eigenvalue weighted by molar-refractivity contribution is -0.111. The zero-order chi connectivity index (χ0) is 9.14. The minimum Gasteiger partial charge on any atom is -0.287 e. The Hall–Kier alpha value is -0.470. The summed E-state index contributed by atoms with van der Waals surface area (Å²) in [4.78, 5) is 10.9. The van der Waals surface area contributed by atoms with Crippen LogP contribution in [-0.4, -0.2) is 5.12 Å². The molecule has 1 aromatic carbocycles. The molecule has 12 heavy (non-hydrogen) atoms. The molecule has 0 aromatic heterocycles. The Kier molecular flexibility index (Phi) is 3.18. The van der Waals surface area contributed by atoms with Crippen LogP contribution in [0.15, 0.2) is 24.3 Å². The molecule has 3 heteroatoms. The fraction of sp³-hybridized carbons (Fsp3) is 0.222. The van der Waals surface area contributed by atoms with Crippen LogP contribution in [0.5, 0.6) is 0 Å². The van der Waals surface area contributed by atoms with Crippen LogP contribution in [-0.2, 0) is 4.79 Å². The van der Waals surface area contributed by atoms with Crippen molar-refractivity contribution in [3.05, 3.63) is 34.9 Å². The van der Waals surface area contributed by atoms with Gasteiger partial charge in [-0.25, -0.2) is 0 Å². The summed E-state index contributed by atoms with van der Waals surface area (Å²) in [7, 11) is 0. The Labute approximate surface area is 82.1 Å². The molecule has 0 saturated heterocycles. The average molecular weight is 201 g/mol. The largest absolute Gasteiger partial charge is 0.287 e. The molecule has 0 aliphatic rings. The number of thiol groups is 1. The molecule has 0 amide bonds. The number of rotatable bonds is 2. The third-order valence-corrected chi connectivity index (χ3v) is 2.38. The molecule has 0 N–H and O–H groups in total. The minimum atomic E-state index is -0.161. The summed E-state index contributed by atoms with van der Waals surface area (Å²) in [5.41, 5.74) is 0.944. The van der Waals surface area contributed by atoms with E-state index in [-0.39, 0.29) is 11.0 Å². The highest BCUT2D eigenvalue weighted by molar-refractivity contribution is 7.96. The molecule has 0 spiro atoms. The van der Waals surface area contributed by atoms with E-state index in [0.717, 1.165) is 5.56 Å². The van der Waals surface area contributed by atoms with E-state index in [2.05, 4.69) is 12.6 Å². The van der Waals surface area contributed by atoms with Gasteiger partial charge < -0.3 is 0 Å². The molecule has 1 atom stereocenters. The molecule has 1 aromatic rings. The van der Waals surface area contributed by atoms with Gasteiger partial charge in [-0.05, 0) is 17.7 Å². The number of halogens is 1. The van der Waals surface area contributed by atoms with Gasteiger partial charge in [-0.1, -0.05) is 30.7 Å². The third kappa shape index (κ3) is 2.26. The summed E-state index contributed by atoms with van der Waals surface area (Å²) >= 11 is 9.45. The second-order valence-corrected chi connectivity index (χ2v) is 3.49. The molecule has 0 aliphatic heterocycles. The van der Waals surface area contributed by atoms with Crippen LogP contribution in [0.3, 0.4) is 0 Å². The Morgan fingerprint density at radius 2 is 1.92 bits per heavy atom. The lowest BCUT2D eigenvalue weighted by atomic mass is 10.0. The molecule has 64 valence electrons. The highest BCUT2D eigenvalue weighted by Crippen LogP contribution is 2.19. The molecule has 1 unspecified atom stereocenters. The van der Waals surface area contributed by atoms with Gasteiger partial charge in [0, 0.05) is 5.02 Å². The predicted molar refractivity (Wildman–Crippen MR) is 53.9 cm³/mol. The van der Waals surface area contributed by atoms with Crippen molar-refractivity contribution in [2.45, 2.75) is 12.8 Å². The van der Waals surface area contributed by atoms with Crippen molar-refractivity contribution in [2.24, 2.45) is 0 Å². The predicted octanol–water partition coefficient (Wildman–Crippen LogP) is 2.90. The first kappa shape index (κ1) is 9.62. The van der Waals surface area contributed by atoms with E-state index in [1.807, 2.05) is 19.1 Å². The molecular weight excluding hydrogens is 192 g/mol. The van der Waals surface area contributed by atoms with E-state index < -0.39 is 0 Å². The van der Waals surface area contributed by atoms with Gasteiger partial charge in [-0.15, -0.1) is 12.6 Å². The normalized spacial score (nSPS) is 12.6. The van der Waals surface area contributed by atoms with Crippen molar-refractivity contribution in [2.75, 3.05) is 0 Å². The first-order valence-electron chi connectivity index (χ1n) is 3.59. The fourth-order valence-corrected chi connectivity index (χ4v) is 1.17. The van der Waals surface area contributed by atoms with Gasteiger partial charge in [0.05, 0.1) is 5.92 Å². The Bertz CT molecular complexity index is 281. The summed E-state index contributed by atoms with van der Waals surface area (Å²) < 4.78 is 0. The van der Waals surface area contributed by atoms with Crippen LogP contribution in [0.1, 0.15) is 18.4 Å². The van der Waals surface area contributed by atoms with Gasteiger partial charge in [0.15, 0.2) is 5.12 Å². The highest BCUT2D eigenvalue weighted by Gasteiger charge is 2.10. The minimum absolute atomic E-state index is 0.127. The number of benzene rings is 1. The molecule has 1 rings (SSSR count). The smallest absolute Gasteiger partial charge is 0.193 e. The van der Waals surface area contributed by atoms with Gasteiger partial charge in [0.25, 0.3) is 0 Å². The quantitative estimate of drug-likeness (QED) is 0.727. The van der Waals surface area contributed by atoms with E-state index in [0.29, 0.717) is 5.02 Å². The van der Waals surface area contributed by atoms with Gasteiger partial charge >= 0.3 is 0 Å². The van der Waals surface area contributed by atoms with E-state index in [4.69, 9.17) is 11.6 Å². The summed E-state index contributed by atoms with van der Waals surface area (Å²) in [5, 5.41) is 0.551. The molecule has 0 bridgehead atoms. The Morgan fingerprint density at radius 3 is 2.33 bits per heavy atom. The maximum absolute atomic E-state index is 10.9. The average Bonchev–Trinajstić information content (AvgIpc) is 2.04. The van der Waals surface area contributed by atoms with E-state index in [9.17, 15) is 4.79 Å². The first-order chi connectivity index (χ1) is 5.61. The summed E-state index contributed by atoms with van der Waals surface area (Å²) in [6.07, 6.45) is 0. The Morgan fingerprint density at radius 1 is 1.42 bits per heavy atom. The molecule has 1 nitrogen and oxygen atoms in total. The van der Waals surface area contributed by atoms with Crippen LogP contribution in [0, 0.1) is 0 Å². The molecule has 0 radical (unpaired) electrons. The third-order valence-electron chi connectivity index (χ3n) is 1.74. The molecular formula is C9H9ClOS. The van der Waals surface area contributed by atoms with Crippen LogP contribution >= 0.6 is 24.2 Å². The SMILES string of the molecule is CC(C(=O)S)c1ccc(Cl)cc1.